The van der Waals surface area contributed by atoms with Crippen molar-refractivity contribution in [3.63, 3.8) is 0 Å². The highest BCUT2D eigenvalue weighted by Gasteiger charge is 2.00. The van der Waals surface area contributed by atoms with Gasteiger partial charge in [0.15, 0.2) is 0 Å². The molecule has 0 aliphatic carbocycles. The standard InChI is InChI=1S/C14H20ClNO/c1-12-5-7-14(8-6-12)17-11-13(2)16-10-4-3-9-15/h3-8,13,16H,9-11H2,1-2H3/b4-3+. The Bertz CT molecular complexity index is 335. The van der Waals surface area contributed by atoms with Crippen molar-refractivity contribution in [2.75, 3.05) is 19.0 Å². The molecular weight excluding hydrogens is 234 g/mol. The molecule has 0 aromatic heterocycles. The van der Waals surface area contributed by atoms with Crippen molar-refractivity contribution >= 4 is 11.6 Å². The van der Waals surface area contributed by atoms with Crippen LogP contribution < -0.4 is 10.1 Å². The van der Waals surface area contributed by atoms with Crippen LogP contribution in [0.1, 0.15) is 12.5 Å². The van der Waals surface area contributed by atoms with E-state index in [1.165, 1.54) is 5.56 Å². The molecule has 1 aromatic rings. The maximum atomic E-state index is 5.67. The maximum absolute atomic E-state index is 5.67. The molecule has 0 fully saturated rings. The predicted molar refractivity (Wildman–Crippen MR) is 74.0 cm³/mol. The second kappa shape index (κ2) is 8.15. The number of ether oxygens (including phenoxy) is 1. The smallest absolute Gasteiger partial charge is 0.119 e. The van der Waals surface area contributed by atoms with Gasteiger partial charge >= 0.3 is 0 Å². The monoisotopic (exact) mass is 253 g/mol. The number of rotatable bonds is 7. The van der Waals surface area contributed by atoms with Crippen molar-refractivity contribution in [3.8, 4) is 5.75 Å². The average molecular weight is 254 g/mol. The van der Waals surface area contributed by atoms with E-state index in [2.05, 4.69) is 31.3 Å². The minimum absolute atomic E-state index is 0.316. The Balaban J connectivity index is 2.21. The molecule has 0 aliphatic heterocycles. The summed E-state index contributed by atoms with van der Waals surface area (Å²) in [7, 11) is 0. The zero-order chi connectivity index (χ0) is 12.5. The van der Waals surface area contributed by atoms with Crippen LogP contribution in [0.25, 0.3) is 0 Å². The lowest BCUT2D eigenvalue weighted by atomic mass is 10.2. The lowest BCUT2D eigenvalue weighted by molar-refractivity contribution is 0.277. The van der Waals surface area contributed by atoms with Crippen LogP contribution in [-0.2, 0) is 0 Å². The molecule has 1 aromatic carbocycles. The van der Waals surface area contributed by atoms with Crippen molar-refractivity contribution in [1.29, 1.82) is 0 Å². The molecule has 0 saturated heterocycles. The molecule has 0 amide bonds. The molecule has 0 saturated carbocycles. The van der Waals surface area contributed by atoms with Crippen molar-refractivity contribution in [2.45, 2.75) is 19.9 Å². The van der Waals surface area contributed by atoms with E-state index >= 15 is 0 Å². The van der Waals surface area contributed by atoms with E-state index in [0.717, 1.165) is 12.3 Å². The van der Waals surface area contributed by atoms with Gasteiger partial charge in [0.2, 0.25) is 0 Å². The Morgan fingerprint density at radius 2 is 2.00 bits per heavy atom. The van der Waals surface area contributed by atoms with Crippen LogP contribution in [0.4, 0.5) is 0 Å². The highest BCUT2D eigenvalue weighted by molar-refractivity contribution is 6.18. The van der Waals surface area contributed by atoms with Crippen LogP contribution in [0.2, 0.25) is 0 Å². The maximum Gasteiger partial charge on any atom is 0.119 e. The Kier molecular flexibility index (Phi) is 6.75. The minimum atomic E-state index is 0.316. The van der Waals surface area contributed by atoms with Gasteiger partial charge in [-0.1, -0.05) is 29.8 Å². The summed E-state index contributed by atoms with van der Waals surface area (Å²) in [5.41, 5.74) is 1.25. The van der Waals surface area contributed by atoms with E-state index in [0.29, 0.717) is 18.5 Å². The normalized spacial score (nSPS) is 12.9. The summed E-state index contributed by atoms with van der Waals surface area (Å²) in [4.78, 5) is 0. The topological polar surface area (TPSA) is 21.3 Å². The number of hydrogen-bond donors (Lipinski definition) is 1. The molecule has 0 heterocycles. The zero-order valence-corrected chi connectivity index (χ0v) is 11.2. The third-order valence-electron chi connectivity index (χ3n) is 2.36. The third kappa shape index (κ3) is 6.35. The van der Waals surface area contributed by atoms with Crippen molar-refractivity contribution < 1.29 is 4.74 Å². The van der Waals surface area contributed by atoms with Gasteiger partial charge in [0, 0.05) is 18.5 Å². The molecule has 0 radical (unpaired) electrons. The Morgan fingerprint density at radius 3 is 2.65 bits per heavy atom. The fraction of sp³-hybridized carbons (Fsp3) is 0.429. The number of aryl methyl sites for hydroxylation is 1. The first-order valence-corrected chi connectivity index (χ1v) is 6.39. The highest BCUT2D eigenvalue weighted by Crippen LogP contribution is 2.11. The third-order valence-corrected chi connectivity index (χ3v) is 2.54. The van der Waals surface area contributed by atoms with E-state index in [1.807, 2.05) is 24.3 Å². The van der Waals surface area contributed by atoms with E-state index in [1.54, 1.807) is 0 Å². The Morgan fingerprint density at radius 1 is 1.29 bits per heavy atom. The highest BCUT2D eigenvalue weighted by atomic mass is 35.5. The summed E-state index contributed by atoms with van der Waals surface area (Å²) >= 11 is 5.53. The van der Waals surface area contributed by atoms with Crippen LogP contribution in [0, 0.1) is 6.92 Å². The van der Waals surface area contributed by atoms with E-state index < -0.39 is 0 Å². The number of nitrogens with one attached hydrogen (secondary N) is 1. The van der Waals surface area contributed by atoms with E-state index in [4.69, 9.17) is 16.3 Å². The molecule has 94 valence electrons. The second-order valence-corrected chi connectivity index (χ2v) is 4.37. The van der Waals surface area contributed by atoms with Gasteiger partial charge in [-0.25, -0.2) is 0 Å². The fourth-order valence-electron chi connectivity index (χ4n) is 1.33. The van der Waals surface area contributed by atoms with Gasteiger partial charge in [-0.15, -0.1) is 11.6 Å². The Hall–Kier alpha value is -0.990. The first-order chi connectivity index (χ1) is 8.22. The van der Waals surface area contributed by atoms with Crippen LogP contribution in [0.15, 0.2) is 36.4 Å². The zero-order valence-electron chi connectivity index (χ0n) is 10.4. The lowest BCUT2D eigenvalue weighted by Gasteiger charge is -2.13. The van der Waals surface area contributed by atoms with Crippen LogP contribution in [0.3, 0.4) is 0 Å². The molecule has 0 bridgehead atoms. The molecule has 1 atom stereocenters. The van der Waals surface area contributed by atoms with Crippen molar-refractivity contribution in [3.05, 3.63) is 42.0 Å². The molecule has 0 aliphatic rings. The minimum Gasteiger partial charge on any atom is -0.492 e. The van der Waals surface area contributed by atoms with Crippen molar-refractivity contribution in [1.82, 2.24) is 5.32 Å². The van der Waals surface area contributed by atoms with Gasteiger partial charge in [0.05, 0.1) is 0 Å². The number of allylic oxidation sites excluding steroid dienone is 1. The Labute approximate surface area is 109 Å². The lowest BCUT2D eigenvalue weighted by Crippen LogP contribution is -2.31. The first kappa shape index (κ1) is 14.1. The summed E-state index contributed by atoms with van der Waals surface area (Å²) in [6.45, 7) is 5.66. The van der Waals surface area contributed by atoms with Gasteiger partial charge in [-0.05, 0) is 26.0 Å². The SMILES string of the molecule is Cc1ccc(OCC(C)NC/C=C/CCl)cc1. The van der Waals surface area contributed by atoms with Gasteiger partial charge < -0.3 is 10.1 Å². The number of benzene rings is 1. The summed E-state index contributed by atoms with van der Waals surface area (Å²) in [6, 6.07) is 8.41. The molecule has 0 spiro atoms. The van der Waals surface area contributed by atoms with E-state index in [9.17, 15) is 0 Å². The number of alkyl halides is 1. The molecule has 3 heteroatoms. The predicted octanol–water partition coefficient (Wildman–Crippen LogP) is 3.15. The fourth-order valence-corrected chi connectivity index (χ4v) is 1.46. The second-order valence-electron chi connectivity index (χ2n) is 4.06. The molecule has 1 rings (SSSR count). The molecule has 1 unspecified atom stereocenters. The number of hydrogen-bond acceptors (Lipinski definition) is 2. The first-order valence-electron chi connectivity index (χ1n) is 5.86. The van der Waals surface area contributed by atoms with Crippen molar-refractivity contribution in [2.24, 2.45) is 0 Å². The molecule has 17 heavy (non-hydrogen) atoms. The van der Waals surface area contributed by atoms with Crippen LogP contribution >= 0.6 is 11.6 Å². The van der Waals surface area contributed by atoms with Gasteiger partial charge in [0.1, 0.15) is 12.4 Å². The summed E-state index contributed by atoms with van der Waals surface area (Å²) < 4.78 is 5.67. The summed E-state index contributed by atoms with van der Waals surface area (Å²) in [5, 5.41) is 3.33. The van der Waals surface area contributed by atoms with Gasteiger partial charge in [-0.2, -0.15) is 0 Å². The molecule has 1 N–H and O–H groups in total. The van der Waals surface area contributed by atoms with Crippen LogP contribution in [-0.4, -0.2) is 25.1 Å². The summed E-state index contributed by atoms with van der Waals surface area (Å²) in [5.74, 6) is 1.48. The summed E-state index contributed by atoms with van der Waals surface area (Å²) in [6.07, 6.45) is 3.96. The molecular formula is C14H20ClNO. The largest absolute Gasteiger partial charge is 0.492 e. The molecule has 2 nitrogen and oxygen atoms in total. The van der Waals surface area contributed by atoms with Crippen LogP contribution in [0.5, 0.6) is 5.75 Å². The number of halogens is 1. The quantitative estimate of drug-likeness (QED) is 0.595. The van der Waals surface area contributed by atoms with Gasteiger partial charge in [-0.3, -0.25) is 0 Å². The van der Waals surface area contributed by atoms with Gasteiger partial charge in [0.25, 0.3) is 0 Å². The van der Waals surface area contributed by atoms with E-state index in [-0.39, 0.29) is 0 Å². The average Bonchev–Trinajstić information content (AvgIpc) is 2.34.